The second kappa shape index (κ2) is 8.16. The summed E-state index contributed by atoms with van der Waals surface area (Å²) in [6, 6.07) is 11.0. The van der Waals surface area contributed by atoms with E-state index in [1.165, 1.54) is 4.80 Å². The molecular formula is C20H22ClN5O2. The summed E-state index contributed by atoms with van der Waals surface area (Å²) in [7, 11) is 0. The van der Waals surface area contributed by atoms with Crippen molar-refractivity contribution in [2.75, 3.05) is 19.6 Å². The molecule has 1 atom stereocenters. The van der Waals surface area contributed by atoms with Gasteiger partial charge in [-0.15, -0.1) is 5.10 Å². The zero-order valence-corrected chi connectivity index (χ0v) is 16.4. The molecule has 1 aromatic carbocycles. The zero-order chi connectivity index (χ0) is 19.5. The summed E-state index contributed by atoms with van der Waals surface area (Å²) in [5.74, 6) is 0.614. The van der Waals surface area contributed by atoms with Gasteiger partial charge in [-0.05, 0) is 63.2 Å². The third kappa shape index (κ3) is 3.95. The first-order valence-electron chi connectivity index (χ1n) is 9.37. The van der Waals surface area contributed by atoms with Crippen molar-refractivity contribution in [3.63, 3.8) is 0 Å². The lowest BCUT2D eigenvalue weighted by Crippen LogP contribution is -2.37. The van der Waals surface area contributed by atoms with Gasteiger partial charge in [-0.25, -0.2) is 0 Å². The molecule has 2 aromatic heterocycles. The van der Waals surface area contributed by atoms with Crippen molar-refractivity contribution in [1.29, 1.82) is 0 Å². The number of hydrogen-bond donors (Lipinski definition) is 1. The van der Waals surface area contributed by atoms with Crippen molar-refractivity contribution >= 4 is 17.5 Å². The normalized spacial score (nSPS) is 15.6. The molecule has 0 saturated carbocycles. The van der Waals surface area contributed by atoms with Crippen molar-refractivity contribution in [1.82, 2.24) is 25.2 Å². The van der Waals surface area contributed by atoms with Gasteiger partial charge in [0.2, 0.25) is 0 Å². The van der Waals surface area contributed by atoms with Gasteiger partial charge in [-0.3, -0.25) is 9.69 Å². The maximum Gasteiger partial charge on any atom is 0.273 e. The summed E-state index contributed by atoms with van der Waals surface area (Å²) >= 11 is 6.04. The van der Waals surface area contributed by atoms with Crippen LogP contribution in [0.1, 0.15) is 40.8 Å². The van der Waals surface area contributed by atoms with Crippen LogP contribution < -0.4 is 5.32 Å². The Morgan fingerprint density at radius 2 is 2.07 bits per heavy atom. The van der Waals surface area contributed by atoms with E-state index in [1.807, 2.05) is 24.3 Å². The van der Waals surface area contributed by atoms with E-state index in [9.17, 15) is 4.79 Å². The van der Waals surface area contributed by atoms with E-state index >= 15 is 0 Å². The number of amides is 1. The summed E-state index contributed by atoms with van der Waals surface area (Å²) in [6.07, 6.45) is 4.00. The van der Waals surface area contributed by atoms with Gasteiger partial charge < -0.3 is 9.73 Å². The minimum Gasteiger partial charge on any atom is -0.468 e. The molecule has 28 heavy (non-hydrogen) atoms. The van der Waals surface area contributed by atoms with Gasteiger partial charge in [0.05, 0.1) is 23.7 Å². The Labute approximate surface area is 168 Å². The molecule has 0 unspecified atom stereocenters. The number of rotatable bonds is 6. The Morgan fingerprint density at radius 3 is 2.79 bits per heavy atom. The van der Waals surface area contributed by atoms with Crippen LogP contribution in [-0.4, -0.2) is 45.4 Å². The first-order chi connectivity index (χ1) is 13.6. The molecule has 4 rings (SSSR count). The smallest absolute Gasteiger partial charge is 0.273 e. The molecule has 0 bridgehead atoms. The molecule has 1 saturated heterocycles. The quantitative estimate of drug-likeness (QED) is 0.687. The highest BCUT2D eigenvalue weighted by molar-refractivity contribution is 6.30. The molecule has 3 aromatic rings. The first-order valence-corrected chi connectivity index (χ1v) is 9.75. The standard InChI is InChI=1S/C20H22ClN5O2/c1-14-19(24-26(23-14)16-7-4-6-15(21)12-16)20(27)22-13-17(18-8-5-11-28-18)25-9-2-3-10-25/h4-8,11-12,17H,2-3,9-10,13H2,1H3,(H,22,27)/t17-/m0/s1. The van der Waals surface area contributed by atoms with Crippen LogP contribution >= 0.6 is 11.6 Å². The van der Waals surface area contributed by atoms with Crippen LogP contribution in [0.3, 0.4) is 0 Å². The average Bonchev–Trinajstić information content (AvgIpc) is 3.44. The number of carbonyl (C=O) groups excluding carboxylic acids is 1. The fraction of sp³-hybridized carbons (Fsp3) is 0.350. The van der Waals surface area contributed by atoms with E-state index in [0.717, 1.165) is 31.7 Å². The number of carbonyl (C=O) groups is 1. The molecule has 3 heterocycles. The molecule has 1 aliphatic rings. The Morgan fingerprint density at radius 1 is 1.25 bits per heavy atom. The summed E-state index contributed by atoms with van der Waals surface area (Å²) in [4.78, 5) is 16.5. The summed E-state index contributed by atoms with van der Waals surface area (Å²) in [5, 5.41) is 12.3. The summed E-state index contributed by atoms with van der Waals surface area (Å²) < 4.78 is 5.61. The number of likely N-dealkylation sites (tertiary alicyclic amines) is 1. The van der Waals surface area contributed by atoms with E-state index in [2.05, 4.69) is 20.4 Å². The van der Waals surface area contributed by atoms with Gasteiger partial charge >= 0.3 is 0 Å². The molecule has 1 fully saturated rings. The number of hydrogen-bond acceptors (Lipinski definition) is 5. The number of nitrogens with one attached hydrogen (secondary N) is 1. The fourth-order valence-electron chi connectivity index (χ4n) is 3.52. The zero-order valence-electron chi connectivity index (χ0n) is 15.6. The molecule has 1 aliphatic heterocycles. The van der Waals surface area contributed by atoms with Crippen LogP contribution in [0.2, 0.25) is 5.02 Å². The number of benzene rings is 1. The second-order valence-corrected chi connectivity index (χ2v) is 7.32. The molecule has 0 aliphatic carbocycles. The van der Waals surface area contributed by atoms with Crippen LogP contribution in [0.25, 0.3) is 5.69 Å². The Kier molecular flexibility index (Phi) is 5.45. The fourth-order valence-corrected chi connectivity index (χ4v) is 3.71. The molecule has 146 valence electrons. The summed E-state index contributed by atoms with van der Waals surface area (Å²) in [5.41, 5.74) is 1.58. The maximum absolute atomic E-state index is 12.8. The highest BCUT2D eigenvalue weighted by atomic mass is 35.5. The van der Waals surface area contributed by atoms with E-state index < -0.39 is 0 Å². The van der Waals surface area contributed by atoms with Crippen LogP contribution in [0.4, 0.5) is 0 Å². The van der Waals surface area contributed by atoms with Crippen LogP contribution in [0.5, 0.6) is 0 Å². The van der Waals surface area contributed by atoms with Gasteiger partial charge in [0.15, 0.2) is 5.69 Å². The average molecular weight is 400 g/mol. The van der Waals surface area contributed by atoms with Gasteiger partial charge in [0, 0.05) is 11.6 Å². The van der Waals surface area contributed by atoms with Crippen LogP contribution in [0, 0.1) is 6.92 Å². The van der Waals surface area contributed by atoms with Gasteiger partial charge in [-0.1, -0.05) is 17.7 Å². The second-order valence-electron chi connectivity index (χ2n) is 6.89. The van der Waals surface area contributed by atoms with Crippen LogP contribution in [-0.2, 0) is 0 Å². The Bertz CT molecular complexity index is 947. The maximum atomic E-state index is 12.8. The minimum atomic E-state index is -0.249. The van der Waals surface area contributed by atoms with E-state index in [1.54, 1.807) is 25.3 Å². The van der Waals surface area contributed by atoms with E-state index in [0.29, 0.717) is 28.6 Å². The van der Waals surface area contributed by atoms with E-state index in [4.69, 9.17) is 16.0 Å². The molecule has 0 radical (unpaired) electrons. The third-order valence-electron chi connectivity index (χ3n) is 4.95. The van der Waals surface area contributed by atoms with E-state index in [-0.39, 0.29) is 11.9 Å². The van der Waals surface area contributed by atoms with Gasteiger partial charge in [0.1, 0.15) is 5.76 Å². The Balaban J connectivity index is 1.48. The topological polar surface area (TPSA) is 76.2 Å². The highest BCUT2D eigenvalue weighted by Gasteiger charge is 2.27. The number of aromatic nitrogens is 3. The predicted molar refractivity (Wildman–Crippen MR) is 106 cm³/mol. The number of furan rings is 1. The minimum absolute atomic E-state index is 0.0183. The van der Waals surface area contributed by atoms with Crippen molar-refractivity contribution in [3.05, 3.63) is 64.8 Å². The largest absolute Gasteiger partial charge is 0.468 e. The number of nitrogens with zero attached hydrogens (tertiary/aromatic N) is 4. The molecule has 1 N–H and O–H groups in total. The lowest BCUT2D eigenvalue weighted by atomic mass is 10.2. The van der Waals surface area contributed by atoms with Gasteiger partial charge in [-0.2, -0.15) is 9.90 Å². The lowest BCUT2D eigenvalue weighted by molar-refractivity contribution is 0.0927. The first kappa shape index (κ1) is 18.7. The van der Waals surface area contributed by atoms with Crippen molar-refractivity contribution in [3.8, 4) is 5.69 Å². The SMILES string of the molecule is Cc1nn(-c2cccc(Cl)c2)nc1C(=O)NC[C@@H](c1ccco1)N1CCCC1. The summed E-state index contributed by atoms with van der Waals surface area (Å²) in [6.45, 7) is 4.24. The Hall–Kier alpha value is -2.64. The van der Waals surface area contributed by atoms with Crippen molar-refractivity contribution < 1.29 is 9.21 Å². The third-order valence-corrected chi connectivity index (χ3v) is 5.18. The molecular weight excluding hydrogens is 378 g/mol. The van der Waals surface area contributed by atoms with Crippen molar-refractivity contribution in [2.45, 2.75) is 25.8 Å². The monoisotopic (exact) mass is 399 g/mol. The van der Waals surface area contributed by atoms with Crippen LogP contribution in [0.15, 0.2) is 47.1 Å². The molecule has 0 spiro atoms. The van der Waals surface area contributed by atoms with Crippen molar-refractivity contribution in [2.24, 2.45) is 0 Å². The predicted octanol–water partition coefficient (Wildman–Crippen LogP) is 3.39. The highest BCUT2D eigenvalue weighted by Crippen LogP contribution is 2.25. The van der Waals surface area contributed by atoms with Gasteiger partial charge in [0.25, 0.3) is 5.91 Å². The lowest BCUT2D eigenvalue weighted by Gasteiger charge is -2.25. The molecule has 7 nitrogen and oxygen atoms in total. The molecule has 8 heteroatoms. The number of aryl methyl sites for hydroxylation is 1. The number of halogens is 1. The molecule has 1 amide bonds.